The number of rotatable bonds is 5. The molecule has 0 radical (unpaired) electrons. The number of nitrogens with zero attached hydrogens (tertiary/aromatic N) is 2. The fourth-order valence-corrected chi connectivity index (χ4v) is 3.21. The molecule has 2 aromatic rings. The van der Waals surface area contributed by atoms with Crippen LogP contribution in [0.4, 0.5) is 0 Å². The third-order valence-electron chi connectivity index (χ3n) is 5.26. The van der Waals surface area contributed by atoms with Gasteiger partial charge in [0.1, 0.15) is 5.54 Å². The fourth-order valence-electron chi connectivity index (χ4n) is 3.21. The Hall–Kier alpha value is -1.43. The molecule has 1 saturated carbocycles. The first-order valence-corrected chi connectivity index (χ1v) is 8.26. The van der Waals surface area contributed by atoms with Crippen LogP contribution >= 0.6 is 12.4 Å². The van der Waals surface area contributed by atoms with E-state index in [4.69, 9.17) is 15.0 Å². The highest BCUT2D eigenvalue weighted by molar-refractivity contribution is 5.85. The van der Waals surface area contributed by atoms with Gasteiger partial charge in [-0.15, -0.1) is 12.4 Å². The number of nitrogens with two attached hydrogens (primary N) is 1. The number of benzene rings is 1. The van der Waals surface area contributed by atoms with Crippen molar-refractivity contribution in [2.75, 3.05) is 6.61 Å². The van der Waals surface area contributed by atoms with Gasteiger partial charge in [0.15, 0.2) is 0 Å². The molecule has 1 aromatic heterocycles. The molecule has 2 unspecified atom stereocenters. The molecule has 24 heavy (non-hydrogen) atoms. The van der Waals surface area contributed by atoms with Crippen molar-refractivity contribution in [1.82, 2.24) is 10.1 Å². The molecule has 0 amide bonds. The van der Waals surface area contributed by atoms with E-state index in [1.54, 1.807) is 0 Å². The minimum Gasteiger partial charge on any atom is -0.378 e. The first-order chi connectivity index (χ1) is 10.9. The third-order valence-corrected chi connectivity index (χ3v) is 5.26. The van der Waals surface area contributed by atoms with Crippen LogP contribution in [0, 0.1) is 5.41 Å². The Kier molecular flexibility index (Phi) is 5.37. The summed E-state index contributed by atoms with van der Waals surface area (Å²) < 4.78 is 11.3. The molecule has 1 heterocycles. The van der Waals surface area contributed by atoms with Crippen LogP contribution in [0.5, 0.6) is 0 Å². The Morgan fingerprint density at radius 1 is 1.25 bits per heavy atom. The zero-order valence-corrected chi connectivity index (χ0v) is 15.5. The van der Waals surface area contributed by atoms with Crippen molar-refractivity contribution < 1.29 is 9.26 Å². The number of hydrogen-bond acceptors (Lipinski definition) is 5. The molecular weight excluding hydrogens is 326 g/mol. The number of hydrogen-bond donors (Lipinski definition) is 1. The molecule has 132 valence electrons. The lowest BCUT2D eigenvalue weighted by Gasteiger charge is -2.56. The SMILES string of the molecule is CCOC1CC(N)(c2nc(-c3ccc(CC)cc3)no2)C1(C)C.Cl. The van der Waals surface area contributed by atoms with Gasteiger partial charge in [-0.2, -0.15) is 4.98 Å². The zero-order chi connectivity index (χ0) is 16.7. The van der Waals surface area contributed by atoms with Crippen molar-refractivity contribution in [1.29, 1.82) is 0 Å². The van der Waals surface area contributed by atoms with E-state index in [1.165, 1.54) is 5.56 Å². The van der Waals surface area contributed by atoms with E-state index in [-0.39, 0.29) is 23.9 Å². The maximum absolute atomic E-state index is 6.58. The first kappa shape index (κ1) is 18.9. The maximum atomic E-state index is 6.58. The summed E-state index contributed by atoms with van der Waals surface area (Å²) in [6.07, 6.45) is 1.83. The molecule has 0 aliphatic heterocycles. The molecule has 1 aliphatic rings. The van der Waals surface area contributed by atoms with Gasteiger partial charge in [-0.25, -0.2) is 0 Å². The predicted molar refractivity (Wildman–Crippen MR) is 96.0 cm³/mol. The zero-order valence-electron chi connectivity index (χ0n) is 14.7. The molecule has 1 aromatic carbocycles. The van der Waals surface area contributed by atoms with E-state index in [2.05, 4.69) is 43.0 Å². The molecule has 2 atom stereocenters. The van der Waals surface area contributed by atoms with E-state index in [1.807, 2.05) is 19.1 Å². The second-order valence-corrected chi connectivity index (χ2v) is 6.81. The summed E-state index contributed by atoms with van der Waals surface area (Å²) in [6, 6.07) is 8.21. The summed E-state index contributed by atoms with van der Waals surface area (Å²) in [4.78, 5) is 4.56. The van der Waals surface area contributed by atoms with Gasteiger partial charge in [-0.3, -0.25) is 0 Å². The molecule has 3 rings (SSSR count). The van der Waals surface area contributed by atoms with E-state index in [0.717, 1.165) is 12.0 Å². The summed E-state index contributed by atoms with van der Waals surface area (Å²) in [7, 11) is 0. The Bertz CT molecular complexity index is 684. The molecule has 1 aliphatic carbocycles. The van der Waals surface area contributed by atoms with Gasteiger partial charge in [-0.1, -0.05) is 50.2 Å². The second kappa shape index (κ2) is 6.82. The number of aromatic nitrogens is 2. The molecule has 6 heteroatoms. The minimum atomic E-state index is -0.637. The number of ether oxygens (including phenoxy) is 1. The van der Waals surface area contributed by atoms with Crippen LogP contribution in [-0.2, 0) is 16.7 Å². The van der Waals surface area contributed by atoms with Gasteiger partial charge >= 0.3 is 0 Å². The molecule has 1 fully saturated rings. The molecule has 0 bridgehead atoms. The van der Waals surface area contributed by atoms with E-state index >= 15 is 0 Å². The van der Waals surface area contributed by atoms with Crippen LogP contribution in [-0.4, -0.2) is 22.9 Å². The van der Waals surface area contributed by atoms with Crippen molar-refractivity contribution in [2.24, 2.45) is 11.1 Å². The molecule has 0 spiro atoms. The van der Waals surface area contributed by atoms with Gasteiger partial charge < -0.3 is 15.0 Å². The average molecular weight is 352 g/mol. The van der Waals surface area contributed by atoms with Gasteiger partial charge in [0.05, 0.1) is 6.10 Å². The Morgan fingerprint density at radius 2 is 1.92 bits per heavy atom. The van der Waals surface area contributed by atoms with Crippen LogP contribution < -0.4 is 5.73 Å². The minimum absolute atomic E-state index is 0. The van der Waals surface area contributed by atoms with Crippen molar-refractivity contribution in [3.63, 3.8) is 0 Å². The van der Waals surface area contributed by atoms with Crippen LogP contribution in [0.15, 0.2) is 28.8 Å². The Balaban J connectivity index is 0.00000208. The monoisotopic (exact) mass is 351 g/mol. The van der Waals surface area contributed by atoms with E-state index < -0.39 is 5.54 Å². The lowest BCUT2D eigenvalue weighted by atomic mass is 9.54. The summed E-state index contributed by atoms with van der Waals surface area (Å²) in [5.41, 5.74) is 7.94. The average Bonchev–Trinajstić information content (AvgIpc) is 3.05. The fraction of sp³-hybridized carbons (Fsp3) is 0.556. The van der Waals surface area contributed by atoms with Gasteiger partial charge in [0.25, 0.3) is 0 Å². The smallest absolute Gasteiger partial charge is 0.247 e. The lowest BCUT2D eigenvalue weighted by molar-refractivity contribution is -0.162. The normalized spacial score (nSPS) is 25.0. The summed E-state index contributed by atoms with van der Waals surface area (Å²) in [5.74, 6) is 1.08. The molecule has 5 nitrogen and oxygen atoms in total. The highest BCUT2D eigenvalue weighted by Crippen LogP contribution is 2.55. The van der Waals surface area contributed by atoms with Crippen LogP contribution in [0.25, 0.3) is 11.4 Å². The van der Waals surface area contributed by atoms with E-state index in [9.17, 15) is 0 Å². The number of halogens is 1. The summed E-state index contributed by atoms with van der Waals surface area (Å²) in [5, 5.41) is 4.12. The van der Waals surface area contributed by atoms with Gasteiger partial charge in [0, 0.05) is 24.0 Å². The molecule has 2 N–H and O–H groups in total. The second-order valence-electron chi connectivity index (χ2n) is 6.81. The lowest BCUT2D eigenvalue weighted by Crippen LogP contribution is -2.67. The topological polar surface area (TPSA) is 74.2 Å². The van der Waals surface area contributed by atoms with Gasteiger partial charge in [0.2, 0.25) is 11.7 Å². The highest BCUT2D eigenvalue weighted by Gasteiger charge is 2.62. The van der Waals surface area contributed by atoms with Crippen molar-refractivity contribution >= 4 is 12.4 Å². The maximum Gasteiger partial charge on any atom is 0.247 e. The molecular formula is C18H26ClN3O2. The van der Waals surface area contributed by atoms with Gasteiger partial charge in [-0.05, 0) is 18.9 Å². The molecule has 0 saturated heterocycles. The van der Waals surface area contributed by atoms with Crippen molar-refractivity contribution in [3.8, 4) is 11.4 Å². The van der Waals surface area contributed by atoms with Crippen molar-refractivity contribution in [2.45, 2.75) is 52.2 Å². The van der Waals surface area contributed by atoms with E-state index in [0.29, 0.717) is 24.7 Å². The summed E-state index contributed by atoms with van der Waals surface area (Å²) in [6.45, 7) is 9.00. The predicted octanol–water partition coefficient (Wildman–Crippen LogP) is 3.71. The number of aryl methyl sites for hydroxylation is 1. The third kappa shape index (κ3) is 2.85. The highest BCUT2D eigenvalue weighted by atomic mass is 35.5. The standard InChI is InChI=1S/C18H25N3O2.ClH/c1-5-12-7-9-13(10-8-12)15-20-16(23-21-15)18(19)11-14(22-6-2)17(18,3)4;/h7-10,14H,5-6,11,19H2,1-4H3;1H. The Labute approximate surface area is 149 Å². The van der Waals surface area contributed by atoms with Crippen LogP contribution in [0.3, 0.4) is 0 Å². The van der Waals surface area contributed by atoms with Crippen molar-refractivity contribution in [3.05, 3.63) is 35.7 Å². The first-order valence-electron chi connectivity index (χ1n) is 8.26. The largest absolute Gasteiger partial charge is 0.378 e. The summed E-state index contributed by atoms with van der Waals surface area (Å²) >= 11 is 0. The Morgan fingerprint density at radius 3 is 2.46 bits per heavy atom. The van der Waals surface area contributed by atoms with Crippen LogP contribution in [0.2, 0.25) is 0 Å². The quantitative estimate of drug-likeness (QED) is 0.888. The van der Waals surface area contributed by atoms with Crippen LogP contribution in [0.1, 0.15) is 45.6 Å².